The smallest absolute Gasteiger partial charge is 0.225 e. The number of amides is 1. The molecule has 100 valence electrons. The van der Waals surface area contributed by atoms with Gasteiger partial charge in [0.15, 0.2) is 0 Å². The van der Waals surface area contributed by atoms with Gasteiger partial charge in [-0.2, -0.15) is 11.8 Å². The molecule has 0 aromatic carbocycles. The van der Waals surface area contributed by atoms with Crippen LogP contribution >= 0.6 is 11.8 Å². The third-order valence-electron chi connectivity index (χ3n) is 3.09. The second kappa shape index (κ2) is 7.98. The average molecular weight is 259 g/mol. The van der Waals surface area contributed by atoms with E-state index in [4.69, 9.17) is 4.74 Å². The molecule has 0 spiro atoms. The molecule has 0 aromatic heterocycles. The van der Waals surface area contributed by atoms with E-state index in [1.807, 2.05) is 30.5 Å². The predicted octanol–water partition coefficient (Wildman–Crippen LogP) is 2.40. The van der Waals surface area contributed by atoms with E-state index in [0.717, 1.165) is 39.0 Å². The molecule has 1 amide bonds. The molecule has 1 rings (SSSR count). The van der Waals surface area contributed by atoms with Crippen LogP contribution in [-0.2, 0) is 9.53 Å². The molecule has 0 aromatic rings. The van der Waals surface area contributed by atoms with E-state index in [0.29, 0.717) is 6.10 Å². The fourth-order valence-corrected chi connectivity index (χ4v) is 2.47. The summed E-state index contributed by atoms with van der Waals surface area (Å²) in [4.78, 5) is 13.8. The van der Waals surface area contributed by atoms with Crippen molar-refractivity contribution >= 4 is 17.7 Å². The number of rotatable bonds is 6. The van der Waals surface area contributed by atoms with Crippen molar-refractivity contribution in [2.45, 2.75) is 39.2 Å². The second-order valence-electron chi connectivity index (χ2n) is 4.90. The summed E-state index contributed by atoms with van der Waals surface area (Å²) in [6, 6.07) is 0. The maximum atomic E-state index is 11.8. The largest absolute Gasteiger partial charge is 0.378 e. The van der Waals surface area contributed by atoms with Crippen molar-refractivity contribution in [1.29, 1.82) is 0 Å². The van der Waals surface area contributed by atoms with E-state index in [-0.39, 0.29) is 11.8 Å². The number of piperidine rings is 1. The Morgan fingerprint density at radius 2 is 2.06 bits per heavy atom. The third kappa shape index (κ3) is 5.30. The molecule has 0 atom stereocenters. The van der Waals surface area contributed by atoms with Gasteiger partial charge in [0.2, 0.25) is 5.91 Å². The van der Waals surface area contributed by atoms with Crippen molar-refractivity contribution in [2.24, 2.45) is 5.92 Å². The standard InChI is InChI=1S/C13H25NO2S/c1-11(2)13(15)14-7-5-12(6-8-14)16-9-4-10-17-3/h11-12H,4-10H2,1-3H3. The summed E-state index contributed by atoms with van der Waals surface area (Å²) in [6.45, 7) is 6.53. The number of hydrogen-bond acceptors (Lipinski definition) is 3. The lowest BCUT2D eigenvalue weighted by Gasteiger charge is -2.33. The molecule has 4 heteroatoms. The minimum absolute atomic E-state index is 0.119. The highest BCUT2D eigenvalue weighted by molar-refractivity contribution is 7.98. The maximum Gasteiger partial charge on any atom is 0.225 e. The number of nitrogens with zero attached hydrogens (tertiary/aromatic N) is 1. The first-order valence-electron chi connectivity index (χ1n) is 6.54. The first kappa shape index (κ1) is 14.8. The minimum atomic E-state index is 0.119. The van der Waals surface area contributed by atoms with Crippen LogP contribution in [0.25, 0.3) is 0 Å². The Labute approximate surface area is 109 Å². The van der Waals surface area contributed by atoms with Gasteiger partial charge >= 0.3 is 0 Å². The molecule has 1 heterocycles. The zero-order valence-corrected chi connectivity index (χ0v) is 12.1. The molecule has 0 N–H and O–H groups in total. The number of thioether (sulfide) groups is 1. The van der Waals surface area contributed by atoms with Crippen LogP contribution in [0.15, 0.2) is 0 Å². The molecule has 0 bridgehead atoms. The van der Waals surface area contributed by atoms with Gasteiger partial charge < -0.3 is 9.64 Å². The highest BCUT2D eigenvalue weighted by Crippen LogP contribution is 2.16. The Balaban J connectivity index is 2.15. The van der Waals surface area contributed by atoms with Crippen LogP contribution in [0.5, 0.6) is 0 Å². The molecule has 1 aliphatic rings. The summed E-state index contributed by atoms with van der Waals surface area (Å²) >= 11 is 1.86. The van der Waals surface area contributed by atoms with Crippen molar-refractivity contribution in [3.05, 3.63) is 0 Å². The molecule has 1 aliphatic heterocycles. The van der Waals surface area contributed by atoms with E-state index >= 15 is 0 Å². The van der Waals surface area contributed by atoms with Gasteiger partial charge in [0, 0.05) is 25.6 Å². The zero-order valence-electron chi connectivity index (χ0n) is 11.3. The van der Waals surface area contributed by atoms with E-state index in [1.54, 1.807) is 0 Å². The lowest BCUT2D eigenvalue weighted by molar-refractivity contribution is -0.137. The summed E-state index contributed by atoms with van der Waals surface area (Å²) in [7, 11) is 0. The van der Waals surface area contributed by atoms with Crippen LogP contribution in [0.1, 0.15) is 33.1 Å². The Hall–Kier alpha value is -0.220. The van der Waals surface area contributed by atoms with E-state index in [2.05, 4.69) is 6.26 Å². The van der Waals surface area contributed by atoms with Gasteiger partial charge in [-0.3, -0.25) is 4.79 Å². The Kier molecular flexibility index (Phi) is 6.97. The van der Waals surface area contributed by atoms with Crippen LogP contribution < -0.4 is 0 Å². The van der Waals surface area contributed by atoms with Crippen molar-refractivity contribution in [1.82, 2.24) is 4.90 Å². The van der Waals surface area contributed by atoms with E-state index in [9.17, 15) is 4.79 Å². The highest BCUT2D eigenvalue weighted by Gasteiger charge is 2.24. The van der Waals surface area contributed by atoms with Crippen LogP contribution in [0.3, 0.4) is 0 Å². The van der Waals surface area contributed by atoms with Gasteiger partial charge in [-0.1, -0.05) is 13.8 Å². The molecular formula is C13H25NO2S. The summed E-state index contributed by atoms with van der Waals surface area (Å²) in [6.07, 6.45) is 5.62. The molecule has 3 nitrogen and oxygen atoms in total. The van der Waals surface area contributed by atoms with Crippen molar-refractivity contribution in [3.63, 3.8) is 0 Å². The highest BCUT2D eigenvalue weighted by atomic mass is 32.2. The molecule has 17 heavy (non-hydrogen) atoms. The van der Waals surface area contributed by atoms with Gasteiger partial charge in [0.05, 0.1) is 6.10 Å². The fraction of sp³-hybridized carbons (Fsp3) is 0.923. The number of hydrogen-bond donors (Lipinski definition) is 0. The van der Waals surface area contributed by atoms with Crippen molar-refractivity contribution < 1.29 is 9.53 Å². The number of carbonyl (C=O) groups is 1. The SMILES string of the molecule is CSCCCOC1CCN(C(=O)C(C)C)CC1. The van der Waals surface area contributed by atoms with Gasteiger partial charge in [-0.15, -0.1) is 0 Å². The average Bonchev–Trinajstić information content (AvgIpc) is 2.34. The Morgan fingerprint density at radius 3 is 2.59 bits per heavy atom. The maximum absolute atomic E-state index is 11.8. The van der Waals surface area contributed by atoms with Gasteiger partial charge in [0.25, 0.3) is 0 Å². The first-order chi connectivity index (χ1) is 8.15. The summed E-state index contributed by atoms with van der Waals surface area (Å²) in [5.41, 5.74) is 0. The van der Waals surface area contributed by atoms with Gasteiger partial charge in [-0.05, 0) is 31.3 Å². The second-order valence-corrected chi connectivity index (χ2v) is 5.88. The lowest BCUT2D eigenvalue weighted by atomic mass is 10.1. The van der Waals surface area contributed by atoms with Gasteiger partial charge in [0.1, 0.15) is 0 Å². The molecule has 0 radical (unpaired) electrons. The van der Waals surface area contributed by atoms with Crippen LogP contribution in [0.4, 0.5) is 0 Å². The van der Waals surface area contributed by atoms with E-state index in [1.165, 1.54) is 5.75 Å². The molecule has 0 saturated carbocycles. The number of likely N-dealkylation sites (tertiary alicyclic amines) is 1. The zero-order chi connectivity index (χ0) is 12.7. The lowest BCUT2D eigenvalue weighted by Crippen LogP contribution is -2.42. The normalized spacial score (nSPS) is 17.8. The Morgan fingerprint density at radius 1 is 1.41 bits per heavy atom. The monoisotopic (exact) mass is 259 g/mol. The molecular weight excluding hydrogens is 234 g/mol. The minimum Gasteiger partial charge on any atom is -0.378 e. The Bertz CT molecular complexity index is 225. The summed E-state index contributed by atoms with van der Waals surface area (Å²) in [5, 5.41) is 0. The van der Waals surface area contributed by atoms with Crippen LogP contribution in [-0.4, -0.2) is 48.6 Å². The van der Waals surface area contributed by atoms with Gasteiger partial charge in [-0.25, -0.2) is 0 Å². The summed E-state index contributed by atoms with van der Waals surface area (Å²) < 4.78 is 5.82. The van der Waals surface area contributed by atoms with Crippen molar-refractivity contribution in [3.8, 4) is 0 Å². The van der Waals surface area contributed by atoms with Crippen molar-refractivity contribution in [2.75, 3.05) is 31.7 Å². The number of ether oxygens (including phenoxy) is 1. The fourth-order valence-electron chi connectivity index (χ4n) is 2.06. The quantitative estimate of drug-likeness (QED) is 0.686. The topological polar surface area (TPSA) is 29.5 Å². The molecule has 0 unspecified atom stereocenters. The summed E-state index contributed by atoms with van der Waals surface area (Å²) in [5.74, 6) is 1.57. The molecule has 0 aliphatic carbocycles. The third-order valence-corrected chi connectivity index (χ3v) is 3.79. The molecule has 1 fully saturated rings. The number of carbonyl (C=O) groups excluding carboxylic acids is 1. The molecule has 1 saturated heterocycles. The van der Waals surface area contributed by atoms with Crippen LogP contribution in [0, 0.1) is 5.92 Å². The van der Waals surface area contributed by atoms with E-state index < -0.39 is 0 Å². The first-order valence-corrected chi connectivity index (χ1v) is 7.94. The van der Waals surface area contributed by atoms with Crippen LogP contribution in [0.2, 0.25) is 0 Å². The predicted molar refractivity (Wildman–Crippen MR) is 73.4 cm³/mol.